The summed E-state index contributed by atoms with van der Waals surface area (Å²) in [4.78, 5) is 22.4. The largest absolute Gasteiger partial charge is 0.493 e. The maximum Gasteiger partial charge on any atom is 0.326 e. The predicted molar refractivity (Wildman–Crippen MR) is 71.9 cm³/mol. The first-order valence-electron chi connectivity index (χ1n) is 5.30. The van der Waals surface area contributed by atoms with Crippen LogP contribution in [0.5, 0.6) is 11.5 Å². The Morgan fingerprint density at radius 1 is 1.16 bits per heavy atom. The molecule has 1 aromatic carbocycles. The van der Waals surface area contributed by atoms with Gasteiger partial charge < -0.3 is 14.8 Å². The Balaban J connectivity index is 2.42. The van der Waals surface area contributed by atoms with E-state index in [1.54, 1.807) is 18.2 Å². The van der Waals surface area contributed by atoms with E-state index in [1.165, 1.54) is 14.2 Å². The van der Waals surface area contributed by atoms with E-state index in [4.69, 9.17) is 9.47 Å². The van der Waals surface area contributed by atoms with Gasteiger partial charge in [-0.3, -0.25) is 10.1 Å². The van der Waals surface area contributed by atoms with Gasteiger partial charge in [-0.15, -0.1) is 0 Å². The van der Waals surface area contributed by atoms with Gasteiger partial charge in [0.15, 0.2) is 11.5 Å². The minimum absolute atomic E-state index is 0.184. The van der Waals surface area contributed by atoms with E-state index in [0.717, 1.165) is 0 Å². The van der Waals surface area contributed by atoms with Gasteiger partial charge in [-0.25, -0.2) is 4.79 Å². The standard InChI is InChI=1S/C12H11BrN2O4/c1-18-9-5-6(3-7(13)10(9)19-2)4-8-11(16)15-12(17)14-8/h3-5H,1-2H3,(H2,14,15,16,17)/b8-4+. The van der Waals surface area contributed by atoms with Crippen LogP contribution in [-0.2, 0) is 4.79 Å². The molecule has 1 aliphatic heterocycles. The Hall–Kier alpha value is -2.02. The summed E-state index contributed by atoms with van der Waals surface area (Å²) < 4.78 is 11.1. The third kappa shape index (κ3) is 2.70. The van der Waals surface area contributed by atoms with E-state index in [2.05, 4.69) is 26.6 Å². The van der Waals surface area contributed by atoms with E-state index in [-0.39, 0.29) is 5.70 Å². The molecule has 3 amide bonds. The second-order valence-electron chi connectivity index (χ2n) is 3.70. The number of hydrogen-bond acceptors (Lipinski definition) is 4. The molecule has 1 fully saturated rings. The Kier molecular flexibility index (Phi) is 3.75. The smallest absolute Gasteiger partial charge is 0.326 e. The summed E-state index contributed by atoms with van der Waals surface area (Å²) in [5.74, 6) is 0.619. The molecule has 7 heteroatoms. The van der Waals surface area contributed by atoms with Crippen molar-refractivity contribution in [2.45, 2.75) is 0 Å². The molecular weight excluding hydrogens is 316 g/mol. The van der Waals surface area contributed by atoms with Crippen molar-refractivity contribution in [2.24, 2.45) is 0 Å². The van der Waals surface area contributed by atoms with Crippen LogP contribution in [0.1, 0.15) is 5.56 Å². The molecule has 0 aliphatic carbocycles. The third-order valence-electron chi connectivity index (χ3n) is 2.49. The van der Waals surface area contributed by atoms with Crippen LogP contribution < -0.4 is 20.1 Å². The molecule has 0 aromatic heterocycles. The first-order chi connectivity index (χ1) is 9.05. The summed E-state index contributed by atoms with van der Waals surface area (Å²) in [6.07, 6.45) is 1.55. The zero-order chi connectivity index (χ0) is 14.0. The van der Waals surface area contributed by atoms with Crippen molar-refractivity contribution in [1.29, 1.82) is 0 Å². The van der Waals surface area contributed by atoms with Crippen molar-refractivity contribution in [3.63, 3.8) is 0 Å². The van der Waals surface area contributed by atoms with Crippen LogP contribution in [-0.4, -0.2) is 26.2 Å². The molecule has 2 N–H and O–H groups in total. The maximum atomic E-state index is 11.4. The highest BCUT2D eigenvalue weighted by Gasteiger charge is 2.23. The Morgan fingerprint density at radius 2 is 1.89 bits per heavy atom. The van der Waals surface area contributed by atoms with Crippen molar-refractivity contribution in [3.8, 4) is 11.5 Å². The number of rotatable bonds is 3. The fourth-order valence-electron chi connectivity index (χ4n) is 1.67. The number of halogens is 1. The van der Waals surface area contributed by atoms with Gasteiger partial charge >= 0.3 is 6.03 Å². The number of urea groups is 1. The summed E-state index contributed by atoms with van der Waals surface area (Å²) in [5.41, 5.74) is 0.876. The number of nitrogens with one attached hydrogen (secondary N) is 2. The van der Waals surface area contributed by atoms with E-state index < -0.39 is 11.9 Å². The monoisotopic (exact) mass is 326 g/mol. The summed E-state index contributed by atoms with van der Waals surface area (Å²) in [5, 5.41) is 4.54. The molecule has 0 radical (unpaired) electrons. The first-order valence-corrected chi connectivity index (χ1v) is 6.10. The van der Waals surface area contributed by atoms with Gasteiger partial charge in [0.1, 0.15) is 5.70 Å². The van der Waals surface area contributed by atoms with E-state index in [0.29, 0.717) is 21.5 Å². The zero-order valence-corrected chi connectivity index (χ0v) is 11.8. The lowest BCUT2D eigenvalue weighted by atomic mass is 10.1. The lowest BCUT2D eigenvalue weighted by Crippen LogP contribution is -2.22. The summed E-state index contributed by atoms with van der Waals surface area (Å²) in [6, 6.07) is 2.93. The average Bonchev–Trinajstić information content (AvgIpc) is 2.67. The molecule has 1 aromatic rings. The van der Waals surface area contributed by atoms with E-state index in [1.807, 2.05) is 0 Å². The minimum atomic E-state index is -0.532. The molecule has 0 spiro atoms. The number of imide groups is 1. The van der Waals surface area contributed by atoms with Crippen molar-refractivity contribution in [1.82, 2.24) is 10.6 Å². The highest BCUT2D eigenvalue weighted by atomic mass is 79.9. The summed E-state index contributed by atoms with van der Waals surface area (Å²) >= 11 is 3.35. The van der Waals surface area contributed by atoms with E-state index in [9.17, 15) is 9.59 Å². The van der Waals surface area contributed by atoms with Crippen LogP contribution in [0.25, 0.3) is 6.08 Å². The number of carbonyl (C=O) groups excluding carboxylic acids is 2. The lowest BCUT2D eigenvalue weighted by molar-refractivity contribution is -0.115. The van der Waals surface area contributed by atoms with Crippen molar-refractivity contribution in [2.75, 3.05) is 14.2 Å². The molecule has 6 nitrogen and oxygen atoms in total. The van der Waals surface area contributed by atoms with Crippen LogP contribution in [0.2, 0.25) is 0 Å². The second kappa shape index (κ2) is 5.31. The molecule has 100 valence electrons. The lowest BCUT2D eigenvalue weighted by Gasteiger charge is -2.10. The number of amides is 3. The Bertz CT molecular complexity index is 583. The van der Waals surface area contributed by atoms with Crippen molar-refractivity contribution in [3.05, 3.63) is 27.9 Å². The van der Waals surface area contributed by atoms with Gasteiger partial charge in [0.2, 0.25) is 0 Å². The Morgan fingerprint density at radius 3 is 2.42 bits per heavy atom. The molecule has 0 bridgehead atoms. The van der Waals surface area contributed by atoms with Gasteiger partial charge in [0.05, 0.1) is 18.7 Å². The van der Waals surface area contributed by atoms with Crippen LogP contribution in [0.15, 0.2) is 22.3 Å². The molecule has 1 saturated heterocycles. The summed E-state index contributed by atoms with van der Waals surface area (Å²) in [6.45, 7) is 0. The molecule has 0 unspecified atom stereocenters. The maximum absolute atomic E-state index is 11.4. The van der Waals surface area contributed by atoms with Crippen LogP contribution >= 0.6 is 15.9 Å². The Labute approximate surface area is 117 Å². The van der Waals surface area contributed by atoms with Gasteiger partial charge in [-0.2, -0.15) is 0 Å². The topological polar surface area (TPSA) is 76.7 Å². The van der Waals surface area contributed by atoms with Gasteiger partial charge in [-0.05, 0) is 39.7 Å². The van der Waals surface area contributed by atoms with Crippen LogP contribution in [0, 0.1) is 0 Å². The predicted octanol–water partition coefficient (Wildman–Crippen LogP) is 1.65. The van der Waals surface area contributed by atoms with Crippen LogP contribution in [0.3, 0.4) is 0 Å². The van der Waals surface area contributed by atoms with Crippen LogP contribution in [0.4, 0.5) is 4.79 Å². The number of methoxy groups -OCH3 is 2. The van der Waals surface area contributed by atoms with Gasteiger partial charge in [0.25, 0.3) is 5.91 Å². The highest BCUT2D eigenvalue weighted by Crippen LogP contribution is 2.36. The average molecular weight is 327 g/mol. The minimum Gasteiger partial charge on any atom is -0.493 e. The molecule has 1 aliphatic rings. The molecule has 1 heterocycles. The quantitative estimate of drug-likeness (QED) is 0.654. The third-order valence-corrected chi connectivity index (χ3v) is 3.08. The first kappa shape index (κ1) is 13.4. The molecule has 0 saturated carbocycles. The number of hydrogen-bond donors (Lipinski definition) is 2. The number of benzene rings is 1. The fraction of sp³-hybridized carbons (Fsp3) is 0.167. The second-order valence-corrected chi connectivity index (χ2v) is 4.56. The van der Waals surface area contributed by atoms with Gasteiger partial charge in [-0.1, -0.05) is 0 Å². The zero-order valence-electron chi connectivity index (χ0n) is 10.2. The normalized spacial score (nSPS) is 16.3. The fourth-order valence-corrected chi connectivity index (χ4v) is 2.29. The van der Waals surface area contributed by atoms with Gasteiger partial charge in [0, 0.05) is 0 Å². The highest BCUT2D eigenvalue weighted by molar-refractivity contribution is 9.10. The molecule has 0 atom stereocenters. The van der Waals surface area contributed by atoms with E-state index >= 15 is 0 Å². The van der Waals surface area contributed by atoms with Crippen molar-refractivity contribution < 1.29 is 19.1 Å². The van der Waals surface area contributed by atoms with Crippen molar-refractivity contribution >= 4 is 33.9 Å². The SMILES string of the molecule is COc1cc(/C=C2/NC(=O)NC2=O)cc(Br)c1OC. The number of ether oxygens (including phenoxy) is 2. The summed E-state index contributed by atoms with van der Waals surface area (Å²) in [7, 11) is 3.05. The molecule has 19 heavy (non-hydrogen) atoms. The molecule has 2 rings (SSSR count). The number of carbonyl (C=O) groups is 2. The molecular formula is C12H11BrN2O4.